The van der Waals surface area contributed by atoms with E-state index in [1.54, 1.807) is 0 Å². The second kappa shape index (κ2) is 5.89. The fourth-order valence-electron chi connectivity index (χ4n) is 2.16. The zero-order valence-corrected chi connectivity index (χ0v) is 13.4. The van der Waals surface area contributed by atoms with Crippen molar-refractivity contribution in [2.75, 3.05) is 18.5 Å². The minimum absolute atomic E-state index is 0.853. The van der Waals surface area contributed by atoms with E-state index in [0.29, 0.717) is 0 Å². The molecule has 18 heavy (non-hydrogen) atoms. The lowest BCUT2D eigenvalue weighted by molar-refractivity contribution is 0.725. The van der Waals surface area contributed by atoms with Gasteiger partial charge in [0.05, 0.1) is 5.69 Å². The predicted molar refractivity (Wildman–Crippen MR) is 81.9 cm³/mol. The number of hydrogen-bond donors (Lipinski definition) is 0. The van der Waals surface area contributed by atoms with Gasteiger partial charge in [-0.3, -0.25) is 4.68 Å². The summed E-state index contributed by atoms with van der Waals surface area (Å²) >= 11 is 5.37. The van der Waals surface area contributed by atoms with E-state index in [-0.39, 0.29) is 0 Å². The maximum absolute atomic E-state index is 4.50. The molecule has 0 aliphatic carbocycles. The molecular formula is C13H18BrN3S. The summed E-state index contributed by atoms with van der Waals surface area (Å²) in [5.41, 5.74) is 2.39. The van der Waals surface area contributed by atoms with Crippen molar-refractivity contribution >= 4 is 33.1 Å². The van der Waals surface area contributed by atoms with Gasteiger partial charge in [-0.05, 0) is 24.8 Å². The van der Waals surface area contributed by atoms with E-state index in [1.807, 2.05) is 23.1 Å². The maximum Gasteiger partial charge on any atom is 0.130 e. The molecule has 0 spiro atoms. The van der Waals surface area contributed by atoms with E-state index in [1.165, 1.54) is 16.3 Å². The molecule has 5 heteroatoms. The summed E-state index contributed by atoms with van der Waals surface area (Å²) < 4.78 is 1.97. The highest BCUT2D eigenvalue weighted by Gasteiger charge is 2.15. The van der Waals surface area contributed by atoms with Crippen LogP contribution >= 0.6 is 27.3 Å². The Hall–Kier alpha value is -0.810. The van der Waals surface area contributed by atoms with E-state index in [9.17, 15) is 0 Å². The van der Waals surface area contributed by atoms with Gasteiger partial charge >= 0.3 is 0 Å². The third-order valence-corrected chi connectivity index (χ3v) is 4.58. The molecule has 0 radical (unpaired) electrons. The number of hydrogen-bond acceptors (Lipinski definition) is 3. The van der Waals surface area contributed by atoms with Crippen LogP contribution in [0.4, 0.5) is 5.82 Å². The summed E-state index contributed by atoms with van der Waals surface area (Å²) in [5, 5.41) is 7.48. The maximum atomic E-state index is 4.50. The van der Waals surface area contributed by atoms with Crippen LogP contribution in [0.15, 0.2) is 17.5 Å². The third-order valence-electron chi connectivity index (χ3n) is 3.08. The van der Waals surface area contributed by atoms with Crippen LogP contribution in [0.25, 0.3) is 0 Å². The summed E-state index contributed by atoms with van der Waals surface area (Å²) in [7, 11) is 4.15. The summed E-state index contributed by atoms with van der Waals surface area (Å²) in [6.07, 6.45) is 1.08. The van der Waals surface area contributed by atoms with Gasteiger partial charge in [-0.25, -0.2) is 0 Å². The van der Waals surface area contributed by atoms with E-state index in [0.717, 1.165) is 24.0 Å². The molecule has 0 N–H and O–H groups in total. The molecule has 0 unspecified atom stereocenters. The lowest BCUT2D eigenvalue weighted by atomic mass is 10.2. The molecule has 2 heterocycles. The Morgan fingerprint density at radius 2 is 2.28 bits per heavy atom. The quantitative estimate of drug-likeness (QED) is 0.785. The van der Waals surface area contributed by atoms with Gasteiger partial charge < -0.3 is 4.90 Å². The molecule has 2 aromatic rings. The molecule has 0 aliphatic rings. The second-order valence-electron chi connectivity index (χ2n) is 4.40. The van der Waals surface area contributed by atoms with Gasteiger partial charge in [0.25, 0.3) is 0 Å². The molecule has 0 fully saturated rings. The predicted octanol–water partition coefficient (Wildman–Crippen LogP) is 3.36. The average Bonchev–Trinajstić information content (AvgIpc) is 2.93. The number of aryl methyl sites for hydroxylation is 2. The van der Waals surface area contributed by atoms with Crippen LogP contribution in [0.1, 0.15) is 16.1 Å². The molecule has 0 aliphatic heterocycles. The number of rotatable bonds is 5. The van der Waals surface area contributed by atoms with Crippen LogP contribution in [0.3, 0.4) is 0 Å². The second-order valence-corrected chi connectivity index (χ2v) is 5.99. The van der Waals surface area contributed by atoms with Crippen LogP contribution in [-0.2, 0) is 18.8 Å². The molecule has 2 rings (SSSR count). The molecule has 0 aromatic carbocycles. The zero-order valence-electron chi connectivity index (χ0n) is 11.0. The number of anilines is 1. The van der Waals surface area contributed by atoms with Crippen LogP contribution in [0, 0.1) is 6.92 Å². The lowest BCUT2D eigenvalue weighted by Gasteiger charge is -2.20. The normalized spacial score (nSPS) is 10.9. The first-order chi connectivity index (χ1) is 8.63. The highest BCUT2D eigenvalue weighted by Crippen LogP contribution is 2.25. The molecule has 0 bridgehead atoms. The zero-order chi connectivity index (χ0) is 13.1. The molecule has 98 valence electrons. The standard InChI is InChI=1S/C13H18BrN3S/c1-10-12(9-14)13(17(3)15-10)16(2)7-6-11-5-4-8-18-11/h4-5,8H,6-7,9H2,1-3H3. The molecule has 2 aromatic heterocycles. The van der Waals surface area contributed by atoms with E-state index in [2.05, 4.69) is 57.4 Å². The van der Waals surface area contributed by atoms with Crippen molar-refractivity contribution in [3.63, 3.8) is 0 Å². The highest BCUT2D eigenvalue weighted by atomic mass is 79.9. The topological polar surface area (TPSA) is 21.1 Å². The monoisotopic (exact) mass is 327 g/mol. The summed E-state index contributed by atoms with van der Waals surface area (Å²) in [5.74, 6) is 1.21. The molecule has 0 saturated carbocycles. The Kier molecular flexibility index (Phi) is 4.45. The van der Waals surface area contributed by atoms with Gasteiger partial charge in [0.2, 0.25) is 0 Å². The van der Waals surface area contributed by atoms with E-state index >= 15 is 0 Å². The number of nitrogens with zero attached hydrogens (tertiary/aromatic N) is 3. The van der Waals surface area contributed by atoms with Crippen LogP contribution < -0.4 is 4.90 Å². The minimum atomic E-state index is 0.853. The van der Waals surface area contributed by atoms with Gasteiger partial charge in [-0.2, -0.15) is 5.10 Å². The first-order valence-corrected chi connectivity index (χ1v) is 7.95. The van der Waals surface area contributed by atoms with Crippen LogP contribution in [0.5, 0.6) is 0 Å². The Morgan fingerprint density at radius 1 is 1.50 bits per heavy atom. The Labute approximate surface area is 121 Å². The van der Waals surface area contributed by atoms with Crippen LogP contribution in [-0.4, -0.2) is 23.4 Å². The molecule has 0 atom stereocenters. The minimum Gasteiger partial charge on any atom is -0.359 e. The van der Waals surface area contributed by atoms with E-state index < -0.39 is 0 Å². The summed E-state index contributed by atoms with van der Waals surface area (Å²) in [6.45, 7) is 3.08. The van der Waals surface area contributed by atoms with Crippen molar-refractivity contribution in [1.82, 2.24) is 9.78 Å². The van der Waals surface area contributed by atoms with E-state index in [4.69, 9.17) is 0 Å². The van der Waals surface area contributed by atoms with Gasteiger partial charge in [-0.1, -0.05) is 22.0 Å². The fourth-order valence-corrected chi connectivity index (χ4v) is 3.52. The average molecular weight is 328 g/mol. The smallest absolute Gasteiger partial charge is 0.130 e. The molecular weight excluding hydrogens is 310 g/mol. The summed E-state index contributed by atoms with van der Waals surface area (Å²) in [4.78, 5) is 3.72. The third kappa shape index (κ3) is 2.78. The van der Waals surface area contributed by atoms with Crippen molar-refractivity contribution < 1.29 is 0 Å². The highest BCUT2D eigenvalue weighted by molar-refractivity contribution is 9.08. The van der Waals surface area contributed by atoms with Gasteiger partial charge in [0.15, 0.2) is 0 Å². The van der Waals surface area contributed by atoms with Gasteiger partial charge in [0, 0.05) is 36.4 Å². The Balaban J connectivity index is 2.11. The van der Waals surface area contributed by atoms with Crippen molar-refractivity contribution in [3.8, 4) is 0 Å². The number of alkyl halides is 1. The van der Waals surface area contributed by atoms with Crippen molar-refractivity contribution in [2.24, 2.45) is 7.05 Å². The lowest BCUT2D eigenvalue weighted by Crippen LogP contribution is -2.23. The number of likely N-dealkylation sites (N-methyl/N-ethyl adjacent to an activating group) is 1. The number of thiophene rings is 1. The molecule has 3 nitrogen and oxygen atoms in total. The Morgan fingerprint density at radius 3 is 2.89 bits per heavy atom. The summed E-state index contributed by atoms with van der Waals surface area (Å²) in [6, 6.07) is 4.30. The van der Waals surface area contributed by atoms with Crippen molar-refractivity contribution in [2.45, 2.75) is 18.7 Å². The first-order valence-electron chi connectivity index (χ1n) is 5.95. The van der Waals surface area contributed by atoms with Crippen molar-refractivity contribution in [1.29, 1.82) is 0 Å². The molecule has 0 saturated heterocycles. The first kappa shape index (κ1) is 13.6. The molecule has 0 amide bonds. The number of halogens is 1. The number of aromatic nitrogens is 2. The largest absolute Gasteiger partial charge is 0.359 e. The SMILES string of the molecule is Cc1nn(C)c(N(C)CCc2cccs2)c1CBr. The fraction of sp³-hybridized carbons (Fsp3) is 0.462. The van der Waals surface area contributed by atoms with Crippen LogP contribution in [0.2, 0.25) is 0 Å². The van der Waals surface area contributed by atoms with Gasteiger partial charge in [0.1, 0.15) is 5.82 Å². The Bertz CT molecular complexity index is 505. The van der Waals surface area contributed by atoms with Crippen molar-refractivity contribution in [3.05, 3.63) is 33.6 Å². The van der Waals surface area contributed by atoms with Gasteiger partial charge in [-0.15, -0.1) is 11.3 Å².